The molecule has 1 fully saturated rings. The highest BCUT2D eigenvalue weighted by Gasteiger charge is 2.50. The summed E-state index contributed by atoms with van der Waals surface area (Å²) in [6.07, 6.45) is -1.68. The van der Waals surface area contributed by atoms with E-state index < -0.39 is 50.5 Å². The summed E-state index contributed by atoms with van der Waals surface area (Å²) >= 11 is 0. The Morgan fingerprint density at radius 2 is 1.62 bits per heavy atom. The summed E-state index contributed by atoms with van der Waals surface area (Å²) in [6.45, 7) is 14.2. The molecule has 0 unspecified atom stereocenters. The zero-order chi connectivity index (χ0) is 31.0. The number of benzene rings is 2. The van der Waals surface area contributed by atoms with Crippen LogP contribution in [-0.4, -0.2) is 68.8 Å². The standard InChI is InChI=1S/C32H47NO8Si/c1-31(2,3)42(6,7)41-25(19-14-20-34)27(33-30(36)38-21-23-15-10-8-11-16-23)28-26(39-32(4,5)40-28)22-37-29(35)24-17-12-9-13-18-24/h8-13,15-18,25-28,34H,14,19-22H2,1-7H3,(H,33,36)/t25-,26-,27-,28-/m1/s1. The van der Waals surface area contributed by atoms with E-state index in [0.29, 0.717) is 18.4 Å². The van der Waals surface area contributed by atoms with Crippen LogP contribution >= 0.6 is 0 Å². The molecule has 42 heavy (non-hydrogen) atoms. The Morgan fingerprint density at radius 1 is 1.00 bits per heavy atom. The minimum atomic E-state index is -2.35. The number of alkyl carbamates (subject to hydrolysis) is 1. The summed E-state index contributed by atoms with van der Waals surface area (Å²) in [4.78, 5) is 26.0. The number of aliphatic hydroxyl groups is 1. The van der Waals surface area contributed by atoms with Crippen LogP contribution in [0, 0.1) is 0 Å². The van der Waals surface area contributed by atoms with Gasteiger partial charge in [0.1, 0.15) is 25.4 Å². The van der Waals surface area contributed by atoms with Crippen LogP contribution < -0.4 is 5.32 Å². The Hall–Kier alpha value is -2.76. The fourth-order valence-corrected chi connectivity index (χ4v) is 5.93. The van der Waals surface area contributed by atoms with Gasteiger partial charge in [0.25, 0.3) is 0 Å². The first-order chi connectivity index (χ1) is 19.7. The van der Waals surface area contributed by atoms with Crippen molar-refractivity contribution < 1.29 is 38.1 Å². The summed E-state index contributed by atoms with van der Waals surface area (Å²) in [5.74, 6) is -1.50. The molecule has 3 rings (SSSR count). The number of carbonyl (C=O) groups excluding carboxylic acids is 2. The van der Waals surface area contributed by atoms with Crippen LogP contribution in [0.25, 0.3) is 0 Å². The van der Waals surface area contributed by atoms with Gasteiger partial charge in [0.15, 0.2) is 14.1 Å². The van der Waals surface area contributed by atoms with E-state index in [2.05, 4.69) is 39.2 Å². The molecule has 2 aromatic rings. The molecule has 0 bridgehead atoms. The number of esters is 1. The van der Waals surface area contributed by atoms with Gasteiger partial charge in [-0.1, -0.05) is 69.3 Å². The van der Waals surface area contributed by atoms with Gasteiger partial charge in [-0.05, 0) is 62.5 Å². The first-order valence-electron chi connectivity index (χ1n) is 14.6. The van der Waals surface area contributed by atoms with Crippen LogP contribution in [0.15, 0.2) is 60.7 Å². The molecule has 1 amide bonds. The number of hydrogen-bond acceptors (Lipinski definition) is 8. The molecular formula is C32H47NO8Si. The lowest BCUT2D eigenvalue weighted by molar-refractivity contribution is -0.153. The second-order valence-corrected chi connectivity index (χ2v) is 17.4. The lowest BCUT2D eigenvalue weighted by Crippen LogP contribution is -2.59. The highest BCUT2D eigenvalue weighted by molar-refractivity contribution is 6.74. The van der Waals surface area contributed by atoms with Crippen molar-refractivity contribution >= 4 is 20.4 Å². The van der Waals surface area contributed by atoms with E-state index in [1.807, 2.05) is 36.4 Å². The van der Waals surface area contributed by atoms with Crippen LogP contribution in [0.3, 0.4) is 0 Å². The zero-order valence-corrected chi connectivity index (χ0v) is 26.9. The predicted octanol–water partition coefficient (Wildman–Crippen LogP) is 5.82. The number of rotatable bonds is 13. The monoisotopic (exact) mass is 601 g/mol. The molecule has 0 radical (unpaired) electrons. The molecule has 0 aliphatic carbocycles. The first-order valence-corrected chi connectivity index (χ1v) is 17.5. The van der Waals surface area contributed by atoms with Crippen LogP contribution in [0.5, 0.6) is 0 Å². The third kappa shape index (κ3) is 9.64. The van der Waals surface area contributed by atoms with E-state index in [1.165, 1.54) is 0 Å². The number of nitrogens with one attached hydrogen (secondary N) is 1. The summed E-state index contributed by atoms with van der Waals surface area (Å²) < 4.78 is 30.7. The number of hydrogen-bond donors (Lipinski definition) is 2. The average molecular weight is 602 g/mol. The summed E-state index contributed by atoms with van der Waals surface area (Å²) in [6, 6.07) is 17.4. The van der Waals surface area contributed by atoms with Gasteiger partial charge in [-0.25, -0.2) is 9.59 Å². The number of ether oxygens (including phenoxy) is 4. The highest BCUT2D eigenvalue weighted by Crippen LogP contribution is 2.40. The van der Waals surface area contributed by atoms with Gasteiger partial charge >= 0.3 is 12.1 Å². The zero-order valence-electron chi connectivity index (χ0n) is 25.9. The van der Waals surface area contributed by atoms with E-state index in [9.17, 15) is 14.7 Å². The smallest absolute Gasteiger partial charge is 0.407 e. The van der Waals surface area contributed by atoms with Crippen molar-refractivity contribution in [2.45, 2.75) is 102 Å². The third-order valence-electron chi connectivity index (χ3n) is 7.76. The molecule has 1 aliphatic rings. The fraction of sp³-hybridized carbons (Fsp3) is 0.562. The normalized spacial score (nSPS) is 20.0. The van der Waals surface area contributed by atoms with Gasteiger partial charge in [0, 0.05) is 6.61 Å². The largest absolute Gasteiger partial charge is 0.459 e. The van der Waals surface area contributed by atoms with Gasteiger partial charge in [-0.3, -0.25) is 0 Å². The van der Waals surface area contributed by atoms with Crippen molar-refractivity contribution in [3.63, 3.8) is 0 Å². The summed E-state index contributed by atoms with van der Waals surface area (Å²) in [5, 5.41) is 12.6. The lowest BCUT2D eigenvalue weighted by Gasteiger charge is -2.43. The minimum absolute atomic E-state index is 0.0336. The quantitative estimate of drug-likeness (QED) is 0.218. The van der Waals surface area contributed by atoms with Crippen LogP contribution in [-0.2, 0) is 30.0 Å². The van der Waals surface area contributed by atoms with E-state index in [1.54, 1.807) is 38.1 Å². The lowest BCUT2D eigenvalue weighted by atomic mass is 9.97. The minimum Gasteiger partial charge on any atom is -0.459 e. The summed E-state index contributed by atoms with van der Waals surface area (Å²) in [5.41, 5.74) is 1.28. The molecule has 4 atom stereocenters. The van der Waals surface area contributed by atoms with Crippen molar-refractivity contribution in [1.29, 1.82) is 0 Å². The van der Waals surface area contributed by atoms with Gasteiger partial charge in [0.05, 0.1) is 17.7 Å². The molecule has 2 aromatic carbocycles. The van der Waals surface area contributed by atoms with Gasteiger partial charge in [-0.15, -0.1) is 0 Å². The maximum Gasteiger partial charge on any atom is 0.407 e. The average Bonchev–Trinajstić information content (AvgIpc) is 3.25. The van der Waals surface area contributed by atoms with Crippen LogP contribution in [0.4, 0.5) is 4.79 Å². The Balaban J connectivity index is 1.89. The molecule has 9 nitrogen and oxygen atoms in total. The molecule has 1 saturated heterocycles. The van der Waals surface area contributed by atoms with Gasteiger partial charge in [0.2, 0.25) is 0 Å². The number of aliphatic hydroxyl groups excluding tert-OH is 1. The van der Waals surface area contributed by atoms with E-state index in [0.717, 1.165) is 5.56 Å². The van der Waals surface area contributed by atoms with Gasteiger partial charge in [-0.2, -0.15) is 0 Å². The predicted molar refractivity (Wildman–Crippen MR) is 162 cm³/mol. The topological polar surface area (TPSA) is 113 Å². The molecule has 0 aromatic heterocycles. The Kier molecular flexibility index (Phi) is 11.7. The van der Waals surface area contributed by atoms with Crippen molar-refractivity contribution in [1.82, 2.24) is 5.32 Å². The molecule has 1 heterocycles. The van der Waals surface area contributed by atoms with Crippen LogP contribution in [0.2, 0.25) is 18.1 Å². The first kappa shape index (κ1) is 33.7. The number of carbonyl (C=O) groups is 2. The van der Waals surface area contributed by atoms with Crippen molar-refractivity contribution in [3.05, 3.63) is 71.8 Å². The molecule has 10 heteroatoms. The number of amides is 1. The summed E-state index contributed by atoms with van der Waals surface area (Å²) in [7, 11) is -2.35. The van der Waals surface area contributed by atoms with E-state index >= 15 is 0 Å². The molecule has 1 aliphatic heterocycles. The molecular weight excluding hydrogens is 554 g/mol. The van der Waals surface area contributed by atoms with Crippen molar-refractivity contribution in [3.8, 4) is 0 Å². The molecule has 2 N–H and O–H groups in total. The maximum atomic E-state index is 13.2. The molecule has 0 saturated carbocycles. The second-order valence-electron chi connectivity index (χ2n) is 12.6. The molecule has 232 valence electrons. The Labute approximate surface area is 251 Å². The molecule has 0 spiro atoms. The Bertz CT molecular complexity index is 1140. The van der Waals surface area contributed by atoms with Gasteiger partial charge < -0.3 is 33.8 Å². The maximum absolute atomic E-state index is 13.2. The highest BCUT2D eigenvalue weighted by atomic mass is 28.4. The third-order valence-corrected chi connectivity index (χ3v) is 12.3. The van der Waals surface area contributed by atoms with E-state index in [-0.39, 0.29) is 24.9 Å². The van der Waals surface area contributed by atoms with Crippen molar-refractivity contribution in [2.24, 2.45) is 0 Å². The fourth-order valence-electron chi connectivity index (χ4n) is 4.56. The van der Waals surface area contributed by atoms with E-state index in [4.69, 9.17) is 23.4 Å². The van der Waals surface area contributed by atoms with Crippen LogP contribution in [0.1, 0.15) is 63.4 Å². The Morgan fingerprint density at radius 3 is 2.21 bits per heavy atom. The second kappa shape index (κ2) is 14.6. The van der Waals surface area contributed by atoms with Crippen molar-refractivity contribution in [2.75, 3.05) is 13.2 Å². The SMILES string of the molecule is CC1(C)O[C@@H]([C@H](NC(=O)OCc2ccccc2)[C@@H](CCCO)O[Si](C)(C)C(C)(C)C)[C@@H](COC(=O)c2ccccc2)O1.